The second-order valence-electron chi connectivity index (χ2n) is 8.07. The summed E-state index contributed by atoms with van der Waals surface area (Å²) in [5.41, 5.74) is 2.04. The Bertz CT molecular complexity index is 974. The van der Waals surface area contributed by atoms with Gasteiger partial charge in [-0.25, -0.2) is 9.59 Å². The first kappa shape index (κ1) is 21.1. The van der Waals surface area contributed by atoms with E-state index in [9.17, 15) is 9.59 Å². The van der Waals surface area contributed by atoms with E-state index in [1.54, 1.807) is 31.2 Å². The van der Waals surface area contributed by atoms with E-state index in [1.807, 2.05) is 30.3 Å². The van der Waals surface area contributed by atoms with E-state index in [0.29, 0.717) is 36.2 Å². The van der Waals surface area contributed by atoms with Crippen molar-refractivity contribution in [3.8, 4) is 11.8 Å². The highest BCUT2D eigenvalue weighted by molar-refractivity contribution is 5.89. The lowest BCUT2D eigenvalue weighted by molar-refractivity contribution is -0.0168. The standard InChI is InChI=1S/C26H27NO4/c1-2-30-25(28)21-11-8-19(9-12-21)10-13-23-17-27-15-14-22(23)16-24(27)18-31-26(29)20-6-4-3-5-7-20/h3-9,11-12,22-24H,2,14-18H2,1H3/t22-,23-,24-/m0/s1. The molecule has 2 aromatic carbocycles. The zero-order valence-corrected chi connectivity index (χ0v) is 17.8. The molecule has 31 heavy (non-hydrogen) atoms. The van der Waals surface area contributed by atoms with E-state index in [2.05, 4.69) is 16.7 Å². The van der Waals surface area contributed by atoms with Crippen LogP contribution < -0.4 is 0 Å². The van der Waals surface area contributed by atoms with Gasteiger partial charge in [-0.05, 0) is 68.6 Å². The fraction of sp³-hybridized carbons (Fsp3) is 0.385. The minimum Gasteiger partial charge on any atom is -0.462 e. The largest absolute Gasteiger partial charge is 0.462 e. The van der Waals surface area contributed by atoms with Gasteiger partial charge in [-0.3, -0.25) is 4.90 Å². The van der Waals surface area contributed by atoms with Crippen molar-refractivity contribution in [2.24, 2.45) is 11.8 Å². The first-order chi connectivity index (χ1) is 15.1. The van der Waals surface area contributed by atoms with Crippen molar-refractivity contribution in [1.29, 1.82) is 0 Å². The maximum Gasteiger partial charge on any atom is 0.338 e. The first-order valence-corrected chi connectivity index (χ1v) is 10.9. The first-order valence-electron chi connectivity index (χ1n) is 10.9. The third-order valence-electron chi connectivity index (χ3n) is 6.09. The molecule has 3 aliphatic heterocycles. The van der Waals surface area contributed by atoms with Gasteiger partial charge in [0.05, 0.1) is 17.7 Å². The summed E-state index contributed by atoms with van der Waals surface area (Å²) in [6, 6.07) is 16.7. The molecule has 0 spiro atoms. The fourth-order valence-corrected chi connectivity index (χ4v) is 4.38. The van der Waals surface area contributed by atoms with Gasteiger partial charge in [0.15, 0.2) is 0 Å². The zero-order valence-electron chi connectivity index (χ0n) is 17.8. The second-order valence-corrected chi connectivity index (χ2v) is 8.07. The predicted octanol–water partition coefficient (Wildman–Crippen LogP) is 3.78. The number of nitrogens with zero attached hydrogens (tertiary/aromatic N) is 1. The molecular weight excluding hydrogens is 390 g/mol. The van der Waals surface area contributed by atoms with Gasteiger partial charge < -0.3 is 9.47 Å². The van der Waals surface area contributed by atoms with Crippen LogP contribution in [0.25, 0.3) is 0 Å². The fourth-order valence-electron chi connectivity index (χ4n) is 4.38. The SMILES string of the molecule is CCOC(=O)c1ccc(C#C[C@H]2CN3CC[C@H]2C[C@H]3COC(=O)c2ccccc2)cc1. The van der Waals surface area contributed by atoms with Gasteiger partial charge in [0, 0.05) is 24.1 Å². The van der Waals surface area contributed by atoms with Crippen LogP contribution in [-0.2, 0) is 9.47 Å². The number of piperidine rings is 3. The Hall–Kier alpha value is -3.10. The molecule has 0 radical (unpaired) electrons. The summed E-state index contributed by atoms with van der Waals surface area (Å²) in [6.07, 6.45) is 2.13. The summed E-state index contributed by atoms with van der Waals surface area (Å²) in [6.45, 7) is 4.53. The molecule has 0 aromatic heterocycles. The van der Waals surface area contributed by atoms with Crippen LogP contribution in [0.15, 0.2) is 54.6 Å². The van der Waals surface area contributed by atoms with Gasteiger partial charge in [-0.15, -0.1) is 0 Å². The van der Waals surface area contributed by atoms with Crippen LogP contribution in [0.3, 0.4) is 0 Å². The van der Waals surface area contributed by atoms with Crippen LogP contribution in [0.2, 0.25) is 0 Å². The van der Waals surface area contributed by atoms with Gasteiger partial charge in [-0.1, -0.05) is 30.0 Å². The Balaban J connectivity index is 1.32. The molecule has 3 saturated heterocycles. The van der Waals surface area contributed by atoms with Gasteiger partial charge in [-0.2, -0.15) is 0 Å². The number of hydrogen-bond donors (Lipinski definition) is 0. The Morgan fingerprint density at radius 1 is 1.00 bits per heavy atom. The summed E-state index contributed by atoms with van der Waals surface area (Å²) < 4.78 is 10.6. The van der Waals surface area contributed by atoms with Crippen molar-refractivity contribution >= 4 is 11.9 Å². The number of fused-ring (bicyclic) bond motifs is 3. The van der Waals surface area contributed by atoms with Crippen LogP contribution in [-0.4, -0.2) is 49.2 Å². The molecule has 3 heterocycles. The van der Waals surface area contributed by atoms with Crippen LogP contribution in [0.5, 0.6) is 0 Å². The van der Waals surface area contributed by atoms with E-state index < -0.39 is 0 Å². The minimum atomic E-state index is -0.307. The summed E-state index contributed by atoms with van der Waals surface area (Å²) in [4.78, 5) is 26.4. The van der Waals surface area contributed by atoms with Crippen molar-refractivity contribution in [3.05, 3.63) is 71.3 Å². The summed E-state index contributed by atoms with van der Waals surface area (Å²) in [5.74, 6) is 6.99. The molecule has 3 aliphatic rings. The van der Waals surface area contributed by atoms with E-state index in [1.165, 1.54) is 0 Å². The van der Waals surface area contributed by atoms with Crippen molar-refractivity contribution in [1.82, 2.24) is 4.90 Å². The lowest BCUT2D eigenvalue weighted by atomic mass is 9.76. The van der Waals surface area contributed by atoms with Gasteiger partial charge in [0.25, 0.3) is 0 Å². The highest BCUT2D eigenvalue weighted by atomic mass is 16.5. The number of carbonyl (C=O) groups is 2. The molecule has 3 fully saturated rings. The number of carbonyl (C=O) groups excluding carboxylic acids is 2. The second kappa shape index (κ2) is 9.80. The van der Waals surface area contributed by atoms with Gasteiger partial charge in [0.2, 0.25) is 0 Å². The van der Waals surface area contributed by atoms with E-state index in [0.717, 1.165) is 31.5 Å². The maximum atomic E-state index is 12.2. The van der Waals surface area contributed by atoms with E-state index in [-0.39, 0.29) is 18.0 Å². The van der Waals surface area contributed by atoms with Crippen molar-refractivity contribution < 1.29 is 19.1 Å². The smallest absolute Gasteiger partial charge is 0.338 e. The summed E-state index contributed by atoms with van der Waals surface area (Å²) in [7, 11) is 0. The monoisotopic (exact) mass is 417 g/mol. The molecule has 2 aromatic rings. The van der Waals surface area contributed by atoms with Crippen LogP contribution in [0.4, 0.5) is 0 Å². The normalized spacial score (nSPS) is 24.0. The number of hydrogen-bond acceptors (Lipinski definition) is 5. The lowest BCUT2D eigenvalue weighted by Gasteiger charge is -2.48. The zero-order chi connectivity index (χ0) is 21.6. The summed E-state index contributed by atoms with van der Waals surface area (Å²) in [5, 5.41) is 0. The van der Waals surface area contributed by atoms with Crippen molar-refractivity contribution in [2.75, 3.05) is 26.3 Å². The number of ether oxygens (including phenoxy) is 2. The molecule has 0 aliphatic carbocycles. The molecule has 4 atom stereocenters. The number of rotatable bonds is 5. The van der Waals surface area contributed by atoms with Crippen LogP contribution >= 0.6 is 0 Å². The quantitative estimate of drug-likeness (QED) is 0.547. The third kappa shape index (κ3) is 5.15. The van der Waals surface area contributed by atoms with Crippen molar-refractivity contribution in [2.45, 2.75) is 25.8 Å². The molecule has 0 N–H and O–H groups in total. The molecule has 5 rings (SSSR count). The number of esters is 2. The van der Waals surface area contributed by atoms with Crippen molar-refractivity contribution in [3.63, 3.8) is 0 Å². The third-order valence-corrected chi connectivity index (χ3v) is 6.09. The molecule has 0 saturated carbocycles. The lowest BCUT2D eigenvalue weighted by Crippen LogP contribution is -2.54. The molecule has 2 bridgehead atoms. The molecule has 160 valence electrons. The molecule has 0 amide bonds. The summed E-state index contributed by atoms with van der Waals surface area (Å²) >= 11 is 0. The molecule has 5 heteroatoms. The van der Waals surface area contributed by atoms with Gasteiger partial charge in [0.1, 0.15) is 6.61 Å². The van der Waals surface area contributed by atoms with E-state index in [4.69, 9.17) is 9.47 Å². The topological polar surface area (TPSA) is 55.8 Å². The Morgan fingerprint density at radius 3 is 2.39 bits per heavy atom. The molecular formula is C26H27NO4. The predicted molar refractivity (Wildman–Crippen MR) is 118 cm³/mol. The Morgan fingerprint density at radius 2 is 1.71 bits per heavy atom. The number of benzene rings is 2. The minimum absolute atomic E-state index is 0.258. The average molecular weight is 418 g/mol. The van der Waals surface area contributed by atoms with Gasteiger partial charge >= 0.3 is 11.9 Å². The van der Waals surface area contributed by atoms with Crippen LogP contribution in [0.1, 0.15) is 46.0 Å². The molecule has 5 nitrogen and oxygen atoms in total. The maximum absolute atomic E-state index is 12.2. The highest BCUT2D eigenvalue weighted by Crippen LogP contribution is 2.36. The Labute approximate surface area is 183 Å². The van der Waals surface area contributed by atoms with E-state index >= 15 is 0 Å². The van der Waals surface area contributed by atoms with Crippen LogP contribution in [0, 0.1) is 23.7 Å². The Kier molecular flexibility index (Phi) is 6.69. The average Bonchev–Trinajstić information content (AvgIpc) is 2.82. The molecule has 1 unspecified atom stereocenters. The highest BCUT2D eigenvalue weighted by Gasteiger charge is 2.39.